The molecule has 1 aliphatic rings. The van der Waals surface area contributed by atoms with Crippen LogP contribution in [0, 0.1) is 0 Å². The van der Waals surface area contributed by atoms with Gasteiger partial charge in [0.25, 0.3) is 0 Å². The lowest BCUT2D eigenvalue weighted by Gasteiger charge is -2.32. The van der Waals surface area contributed by atoms with E-state index < -0.39 is 7.12 Å². The fraction of sp³-hybridized carbons (Fsp3) is 0.800. The Bertz CT molecular complexity index is 495. The predicted octanol–water partition coefficient (Wildman–Crippen LogP) is 2.22. The van der Waals surface area contributed by atoms with Crippen molar-refractivity contribution in [2.45, 2.75) is 65.2 Å². The van der Waals surface area contributed by atoms with E-state index in [1.807, 2.05) is 19.0 Å². The van der Waals surface area contributed by atoms with E-state index in [4.69, 9.17) is 14.3 Å². The normalized spacial score (nSPS) is 21.6. The van der Waals surface area contributed by atoms with E-state index in [-0.39, 0.29) is 11.2 Å². The van der Waals surface area contributed by atoms with Crippen molar-refractivity contribution >= 4 is 18.7 Å². The first-order valence-electron chi connectivity index (χ1n) is 7.70. The second-order valence-corrected chi connectivity index (χ2v) is 7.11. The number of rotatable bonds is 4. The van der Waals surface area contributed by atoms with Gasteiger partial charge in [0, 0.05) is 26.3 Å². The highest BCUT2D eigenvalue weighted by atomic mass is 16.7. The molecule has 1 saturated heterocycles. The lowest BCUT2D eigenvalue weighted by atomic mass is 9.86. The third kappa shape index (κ3) is 2.83. The van der Waals surface area contributed by atoms with Crippen molar-refractivity contribution in [1.82, 2.24) is 9.55 Å². The molecule has 1 fully saturated rings. The second kappa shape index (κ2) is 5.32. The average Bonchev–Trinajstić information content (AvgIpc) is 2.88. The van der Waals surface area contributed by atoms with Gasteiger partial charge in [-0.05, 0) is 41.0 Å². The van der Waals surface area contributed by atoms with E-state index in [1.165, 1.54) is 0 Å². The molecule has 21 heavy (non-hydrogen) atoms. The van der Waals surface area contributed by atoms with Gasteiger partial charge in [-0.2, -0.15) is 0 Å². The summed E-state index contributed by atoms with van der Waals surface area (Å²) in [6.07, 6.45) is 3.12. The van der Waals surface area contributed by atoms with Crippen LogP contribution < -0.4 is 10.5 Å². The molecule has 0 aliphatic carbocycles. The van der Waals surface area contributed by atoms with Crippen molar-refractivity contribution < 1.29 is 9.31 Å². The third-order valence-electron chi connectivity index (χ3n) is 4.69. The van der Waals surface area contributed by atoms with Crippen LogP contribution in [-0.4, -0.2) is 42.0 Å². The maximum absolute atomic E-state index is 6.09. The summed E-state index contributed by atoms with van der Waals surface area (Å²) in [5.41, 5.74) is 0.171. The van der Waals surface area contributed by atoms with E-state index in [1.54, 1.807) is 0 Å². The van der Waals surface area contributed by atoms with Crippen LogP contribution in [0.5, 0.6) is 0 Å². The van der Waals surface area contributed by atoms with Crippen molar-refractivity contribution in [1.29, 1.82) is 0 Å². The van der Waals surface area contributed by atoms with Gasteiger partial charge in [0.15, 0.2) is 0 Å². The second-order valence-electron chi connectivity index (χ2n) is 7.11. The van der Waals surface area contributed by atoms with Gasteiger partial charge >= 0.3 is 7.12 Å². The lowest BCUT2D eigenvalue weighted by molar-refractivity contribution is 0.00578. The Morgan fingerprint density at radius 3 is 2.19 bits per heavy atom. The first kappa shape index (κ1) is 16.4. The van der Waals surface area contributed by atoms with Gasteiger partial charge in [-0.3, -0.25) is 0 Å². The third-order valence-corrected chi connectivity index (χ3v) is 4.69. The molecule has 1 aromatic rings. The van der Waals surface area contributed by atoms with Gasteiger partial charge in [0.1, 0.15) is 0 Å². The van der Waals surface area contributed by atoms with E-state index >= 15 is 0 Å². The fourth-order valence-corrected chi connectivity index (χ4v) is 2.33. The zero-order valence-corrected chi connectivity index (χ0v) is 14.6. The number of hydrogen-bond donors (Lipinski definition) is 0. The summed E-state index contributed by atoms with van der Waals surface area (Å²) in [6.45, 7) is 12.6. The minimum Gasteiger partial charge on any atom is -0.398 e. The first-order valence-corrected chi connectivity index (χ1v) is 7.70. The molecule has 0 bridgehead atoms. The summed E-state index contributed by atoms with van der Waals surface area (Å²) >= 11 is 0. The minimum atomic E-state index is -0.404. The zero-order valence-electron chi connectivity index (χ0n) is 14.6. The van der Waals surface area contributed by atoms with Crippen LogP contribution in [0.4, 0.5) is 5.95 Å². The topological polar surface area (TPSA) is 39.5 Å². The molecule has 1 aromatic heterocycles. The Morgan fingerprint density at radius 1 is 1.24 bits per heavy atom. The number of aromatic nitrogens is 2. The molecule has 1 unspecified atom stereocenters. The Hall–Kier alpha value is -1.01. The standard InChI is InChI=1S/C15H28BN3O2/c1-9-11(2)19-10-12(17-13(19)18(7)8)16-20-14(3,4)15(5,6)21-16/h10-11H,9H2,1-8H3. The SMILES string of the molecule is CCC(C)n1cc(B2OC(C)(C)C(C)(C)O2)nc1N(C)C. The Kier molecular flexibility index (Phi) is 4.15. The molecule has 1 aliphatic heterocycles. The monoisotopic (exact) mass is 293 g/mol. The summed E-state index contributed by atoms with van der Waals surface area (Å²) in [7, 11) is 3.61. The number of anilines is 1. The van der Waals surface area contributed by atoms with Crippen LogP contribution in [0.1, 0.15) is 54.0 Å². The minimum absolute atomic E-state index is 0.337. The highest BCUT2D eigenvalue weighted by Gasteiger charge is 2.52. The largest absolute Gasteiger partial charge is 0.516 e. The fourth-order valence-electron chi connectivity index (χ4n) is 2.33. The molecule has 6 heteroatoms. The predicted molar refractivity (Wildman–Crippen MR) is 87.3 cm³/mol. The number of nitrogens with zero attached hydrogens (tertiary/aromatic N) is 3. The quantitative estimate of drug-likeness (QED) is 0.798. The molecule has 2 rings (SSSR count). The van der Waals surface area contributed by atoms with E-state index in [2.05, 4.69) is 52.3 Å². The Labute approximate surface area is 128 Å². The molecule has 1 atom stereocenters. The van der Waals surface area contributed by atoms with Crippen LogP contribution in [0.2, 0.25) is 0 Å². The van der Waals surface area contributed by atoms with Crippen LogP contribution in [-0.2, 0) is 9.31 Å². The van der Waals surface area contributed by atoms with Crippen LogP contribution >= 0.6 is 0 Å². The van der Waals surface area contributed by atoms with Gasteiger partial charge in [-0.25, -0.2) is 4.98 Å². The van der Waals surface area contributed by atoms with Gasteiger partial charge < -0.3 is 18.8 Å². The maximum Gasteiger partial charge on any atom is 0.516 e. The highest BCUT2D eigenvalue weighted by molar-refractivity contribution is 6.61. The smallest absolute Gasteiger partial charge is 0.398 e. The molecule has 0 radical (unpaired) electrons. The Balaban J connectivity index is 2.34. The molecular formula is C15H28BN3O2. The maximum atomic E-state index is 6.09. The number of imidazole rings is 1. The van der Waals surface area contributed by atoms with E-state index in [0.29, 0.717) is 6.04 Å². The van der Waals surface area contributed by atoms with E-state index in [9.17, 15) is 0 Å². The molecule has 0 N–H and O–H groups in total. The van der Waals surface area contributed by atoms with Crippen molar-refractivity contribution in [2.75, 3.05) is 19.0 Å². The molecule has 5 nitrogen and oxygen atoms in total. The van der Waals surface area contributed by atoms with Crippen LogP contribution in [0.15, 0.2) is 6.20 Å². The Morgan fingerprint density at radius 2 is 1.76 bits per heavy atom. The molecular weight excluding hydrogens is 265 g/mol. The van der Waals surface area contributed by atoms with Crippen LogP contribution in [0.25, 0.3) is 0 Å². The highest BCUT2D eigenvalue weighted by Crippen LogP contribution is 2.36. The van der Waals surface area contributed by atoms with Gasteiger partial charge in [0.2, 0.25) is 5.95 Å². The van der Waals surface area contributed by atoms with Gasteiger partial charge in [0.05, 0.1) is 16.8 Å². The molecule has 0 amide bonds. The summed E-state index contributed by atoms with van der Waals surface area (Å²) in [5.74, 6) is 0.939. The van der Waals surface area contributed by atoms with Crippen LogP contribution in [0.3, 0.4) is 0 Å². The number of hydrogen-bond acceptors (Lipinski definition) is 4. The van der Waals surface area contributed by atoms with Crippen molar-refractivity contribution in [3.05, 3.63) is 6.20 Å². The summed E-state index contributed by atoms with van der Waals surface area (Å²) in [6, 6.07) is 0.395. The summed E-state index contributed by atoms with van der Waals surface area (Å²) in [4.78, 5) is 6.76. The summed E-state index contributed by atoms with van der Waals surface area (Å²) in [5, 5.41) is 0. The molecule has 118 valence electrons. The van der Waals surface area contributed by atoms with Crippen molar-refractivity contribution in [2.24, 2.45) is 0 Å². The summed E-state index contributed by atoms with van der Waals surface area (Å²) < 4.78 is 14.4. The molecule has 0 spiro atoms. The van der Waals surface area contributed by atoms with Gasteiger partial charge in [-0.15, -0.1) is 0 Å². The van der Waals surface area contributed by atoms with E-state index in [0.717, 1.165) is 18.0 Å². The lowest BCUT2D eigenvalue weighted by Crippen LogP contribution is -2.41. The van der Waals surface area contributed by atoms with Crippen molar-refractivity contribution in [3.63, 3.8) is 0 Å². The zero-order chi connectivity index (χ0) is 16.0. The first-order chi connectivity index (χ1) is 9.59. The van der Waals surface area contributed by atoms with Crippen molar-refractivity contribution in [3.8, 4) is 0 Å². The molecule has 2 heterocycles. The average molecular weight is 293 g/mol. The molecule has 0 aromatic carbocycles. The molecule has 0 saturated carbocycles. The van der Waals surface area contributed by atoms with Gasteiger partial charge in [-0.1, -0.05) is 6.92 Å².